The Balaban J connectivity index is 2.18. The first-order valence-electron chi connectivity index (χ1n) is 8.88. The predicted octanol–water partition coefficient (Wildman–Crippen LogP) is 2.86. The van der Waals surface area contributed by atoms with Gasteiger partial charge >= 0.3 is 0 Å². The second kappa shape index (κ2) is 8.88. The second-order valence-electron chi connectivity index (χ2n) is 6.56. The van der Waals surface area contributed by atoms with E-state index in [9.17, 15) is 18.0 Å². The van der Waals surface area contributed by atoms with Crippen molar-refractivity contribution < 1.29 is 18.0 Å². The van der Waals surface area contributed by atoms with Gasteiger partial charge in [0, 0.05) is 18.7 Å². The van der Waals surface area contributed by atoms with Crippen molar-refractivity contribution in [1.82, 2.24) is 5.32 Å². The largest absolute Gasteiger partial charge is 0.350 e. The van der Waals surface area contributed by atoms with Gasteiger partial charge in [-0.1, -0.05) is 19.1 Å². The number of para-hydroxylation sites is 1. The standard InChI is InChI=1S/C20H25N3O4S/c1-5-14(2)21-20(25)17-8-6-7-9-18(17)22-19(24)15-10-12-16(13-11-15)23(3)28(4,26)27/h6-14H,5H2,1-4H3,(H,21,25)(H,22,24)/t14-/m0/s1. The molecule has 8 heteroatoms. The number of anilines is 2. The van der Waals surface area contributed by atoms with Crippen LogP contribution in [0.25, 0.3) is 0 Å². The maximum absolute atomic E-state index is 12.6. The number of sulfonamides is 1. The highest BCUT2D eigenvalue weighted by atomic mass is 32.2. The molecule has 0 bridgehead atoms. The van der Waals surface area contributed by atoms with E-state index in [-0.39, 0.29) is 11.9 Å². The van der Waals surface area contributed by atoms with Gasteiger partial charge in [0.1, 0.15) is 0 Å². The smallest absolute Gasteiger partial charge is 0.255 e. The third-order valence-electron chi connectivity index (χ3n) is 4.40. The van der Waals surface area contributed by atoms with Crippen LogP contribution in [-0.2, 0) is 10.0 Å². The van der Waals surface area contributed by atoms with Crippen LogP contribution in [0.5, 0.6) is 0 Å². The van der Waals surface area contributed by atoms with Crippen molar-refractivity contribution in [2.75, 3.05) is 22.9 Å². The molecule has 0 aliphatic carbocycles. The van der Waals surface area contributed by atoms with Gasteiger partial charge in [-0.15, -0.1) is 0 Å². The summed E-state index contributed by atoms with van der Waals surface area (Å²) in [5.41, 5.74) is 1.59. The lowest BCUT2D eigenvalue weighted by Gasteiger charge is -2.17. The lowest BCUT2D eigenvalue weighted by Crippen LogP contribution is -2.32. The zero-order chi connectivity index (χ0) is 20.9. The van der Waals surface area contributed by atoms with Crippen LogP contribution in [0.2, 0.25) is 0 Å². The van der Waals surface area contributed by atoms with Crippen LogP contribution in [-0.4, -0.2) is 39.6 Å². The fourth-order valence-corrected chi connectivity index (χ4v) is 2.91. The van der Waals surface area contributed by atoms with E-state index in [1.54, 1.807) is 36.4 Å². The Bertz CT molecular complexity index is 956. The molecule has 0 saturated carbocycles. The molecule has 0 heterocycles. The van der Waals surface area contributed by atoms with Crippen molar-refractivity contribution >= 4 is 33.2 Å². The van der Waals surface area contributed by atoms with Gasteiger partial charge in [0.15, 0.2) is 0 Å². The molecule has 0 radical (unpaired) electrons. The normalized spacial score (nSPS) is 12.1. The van der Waals surface area contributed by atoms with Gasteiger partial charge in [0.05, 0.1) is 23.2 Å². The Labute approximate surface area is 165 Å². The van der Waals surface area contributed by atoms with E-state index in [0.717, 1.165) is 17.0 Å². The lowest BCUT2D eigenvalue weighted by atomic mass is 10.1. The van der Waals surface area contributed by atoms with Crippen molar-refractivity contribution in [2.45, 2.75) is 26.3 Å². The molecule has 150 valence electrons. The van der Waals surface area contributed by atoms with Crippen LogP contribution in [0.4, 0.5) is 11.4 Å². The molecule has 0 spiro atoms. The van der Waals surface area contributed by atoms with E-state index in [1.807, 2.05) is 13.8 Å². The first kappa shape index (κ1) is 21.4. The Kier molecular flexibility index (Phi) is 6.80. The zero-order valence-electron chi connectivity index (χ0n) is 16.4. The number of carbonyl (C=O) groups is 2. The minimum absolute atomic E-state index is 0.0237. The minimum Gasteiger partial charge on any atom is -0.350 e. The van der Waals surface area contributed by atoms with E-state index in [1.165, 1.54) is 19.2 Å². The first-order valence-corrected chi connectivity index (χ1v) is 10.7. The molecule has 1 atom stereocenters. The second-order valence-corrected chi connectivity index (χ2v) is 8.57. The Hall–Kier alpha value is -2.87. The van der Waals surface area contributed by atoms with E-state index in [0.29, 0.717) is 22.5 Å². The van der Waals surface area contributed by atoms with Crippen molar-refractivity contribution in [3.63, 3.8) is 0 Å². The molecule has 0 fully saturated rings. The van der Waals surface area contributed by atoms with Gasteiger partial charge in [0.25, 0.3) is 11.8 Å². The highest BCUT2D eigenvalue weighted by molar-refractivity contribution is 7.92. The van der Waals surface area contributed by atoms with Crippen molar-refractivity contribution in [3.8, 4) is 0 Å². The molecule has 0 saturated heterocycles. The van der Waals surface area contributed by atoms with E-state index >= 15 is 0 Å². The van der Waals surface area contributed by atoms with Crippen LogP contribution in [0.3, 0.4) is 0 Å². The molecule has 0 aliphatic heterocycles. The van der Waals surface area contributed by atoms with Gasteiger partial charge < -0.3 is 10.6 Å². The molecule has 28 heavy (non-hydrogen) atoms. The van der Waals surface area contributed by atoms with E-state index in [2.05, 4.69) is 10.6 Å². The summed E-state index contributed by atoms with van der Waals surface area (Å²) in [5.74, 6) is -0.646. The number of nitrogens with one attached hydrogen (secondary N) is 2. The fourth-order valence-electron chi connectivity index (χ4n) is 2.40. The lowest BCUT2D eigenvalue weighted by molar-refractivity contribution is 0.0940. The summed E-state index contributed by atoms with van der Waals surface area (Å²) in [5, 5.41) is 5.63. The molecule has 0 aliphatic rings. The molecular weight excluding hydrogens is 378 g/mol. The van der Waals surface area contributed by atoms with E-state index < -0.39 is 15.9 Å². The van der Waals surface area contributed by atoms with Gasteiger partial charge in [0.2, 0.25) is 10.0 Å². The summed E-state index contributed by atoms with van der Waals surface area (Å²) in [6.07, 6.45) is 1.91. The number of benzene rings is 2. The summed E-state index contributed by atoms with van der Waals surface area (Å²) in [7, 11) is -1.94. The van der Waals surface area contributed by atoms with Crippen molar-refractivity contribution in [3.05, 3.63) is 59.7 Å². The predicted molar refractivity (Wildman–Crippen MR) is 111 cm³/mol. The SMILES string of the molecule is CC[C@H](C)NC(=O)c1ccccc1NC(=O)c1ccc(N(C)S(C)(=O)=O)cc1. The van der Waals surface area contributed by atoms with Gasteiger partial charge in [-0.2, -0.15) is 0 Å². The Morgan fingerprint density at radius 1 is 1.04 bits per heavy atom. The molecule has 2 aromatic rings. The van der Waals surface area contributed by atoms with Crippen molar-refractivity contribution in [1.29, 1.82) is 0 Å². The molecule has 2 rings (SSSR count). The van der Waals surface area contributed by atoms with Crippen LogP contribution >= 0.6 is 0 Å². The topological polar surface area (TPSA) is 95.6 Å². The summed E-state index contributed by atoms with van der Waals surface area (Å²) in [6, 6.07) is 13.0. The summed E-state index contributed by atoms with van der Waals surface area (Å²) >= 11 is 0. The third kappa shape index (κ3) is 5.32. The van der Waals surface area contributed by atoms with Gasteiger partial charge in [-0.25, -0.2) is 8.42 Å². The number of carbonyl (C=O) groups excluding carboxylic acids is 2. The van der Waals surface area contributed by atoms with Gasteiger partial charge in [-0.3, -0.25) is 13.9 Å². The highest BCUT2D eigenvalue weighted by Crippen LogP contribution is 2.19. The Morgan fingerprint density at radius 3 is 2.21 bits per heavy atom. The van der Waals surface area contributed by atoms with Gasteiger partial charge in [-0.05, 0) is 49.7 Å². The Morgan fingerprint density at radius 2 is 1.64 bits per heavy atom. The summed E-state index contributed by atoms with van der Waals surface area (Å²) in [6.45, 7) is 3.89. The fraction of sp³-hybridized carbons (Fsp3) is 0.300. The number of nitrogens with zero attached hydrogens (tertiary/aromatic N) is 1. The molecule has 2 aromatic carbocycles. The maximum Gasteiger partial charge on any atom is 0.255 e. The minimum atomic E-state index is -3.38. The van der Waals surface area contributed by atoms with Crippen LogP contribution in [0, 0.1) is 0 Å². The number of rotatable bonds is 7. The average molecular weight is 404 g/mol. The van der Waals surface area contributed by atoms with Crippen LogP contribution in [0.1, 0.15) is 41.0 Å². The molecule has 2 amide bonds. The van der Waals surface area contributed by atoms with Crippen molar-refractivity contribution in [2.24, 2.45) is 0 Å². The average Bonchev–Trinajstić information content (AvgIpc) is 2.67. The van der Waals surface area contributed by atoms with Crippen LogP contribution < -0.4 is 14.9 Å². The number of hydrogen-bond donors (Lipinski definition) is 2. The molecule has 7 nitrogen and oxygen atoms in total. The molecular formula is C20H25N3O4S. The zero-order valence-corrected chi connectivity index (χ0v) is 17.2. The summed E-state index contributed by atoms with van der Waals surface area (Å²) < 4.78 is 24.3. The van der Waals surface area contributed by atoms with Crippen LogP contribution in [0.15, 0.2) is 48.5 Å². The maximum atomic E-state index is 12.6. The monoisotopic (exact) mass is 403 g/mol. The quantitative estimate of drug-likeness (QED) is 0.743. The molecule has 0 unspecified atom stereocenters. The molecule has 2 N–H and O–H groups in total. The van der Waals surface area contributed by atoms with E-state index in [4.69, 9.17) is 0 Å². The number of hydrogen-bond acceptors (Lipinski definition) is 4. The third-order valence-corrected chi connectivity index (χ3v) is 5.61. The molecule has 0 aromatic heterocycles. The first-order chi connectivity index (χ1) is 13.1. The highest BCUT2D eigenvalue weighted by Gasteiger charge is 2.16. The number of amides is 2. The summed E-state index contributed by atoms with van der Waals surface area (Å²) in [4.78, 5) is 25.0.